The van der Waals surface area contributed by atoms with Gasteiger partial charge in [0.25, 0.3) is 0 Å². The van der Waals surface area contributed by atoms with Gasteiger partial charge in [-0.1, -0.05) is 22.0 Å². The molecule has 17 heavy (non-hydrogen) atoms. The van der Waals surface area contributed by atoms with Crippen molar-refractivity contribution >= 4 is 37.4 Å². The molecule has 0 radical (unpaired) electrons. The minimum absolute atomic E-state index is 0.906. The van der Waals surface area contributed by atoms with Crippen LogP contribution in [0.5, 0.6) is 0 Å². The third kappa shape index (κ3) is 2.03. The molecule has 0 saturated heterocycles. The maximum absolute atomic E-state index is 4.08. The summed E-state index contributed by atoms with van der Waals surface area (Å²) >= 11 is 5.38. The van der Waals surface area contributed by atoms with Crippen LogP contribution in [0.15, 0.2) is 41.4 Å². The number of imidazole rings is 1. The molecule has 2 aromatic heterocycles. The molecule has 0 amide bonds. The van der Waals surface area contributed by atoms with E-state index in [0.717, 1.165) is 11.0 Å². The highest BCUT2D eigenvalue weighted by molar-refractivity contribution is 9.10. The van der Waals surface area contributed by atoms with Crippen molar-refractivity contribution in [2.45, 2.75) is 13.5 Å². The maximum Gasteiger partial charge on any atom is 0.0949 e. The van der Waals surface area contributed by atoms with Gasteiger partial charge in [-0.3, -0.25) is 0 Å². The summed E-state index contributed by atoms with van der Waals surface area (Å²) in [5, 5.41) is 1.35. The summed E-state index contributed by atoms with van der Waals surface area (Å²) in [5.41, 5.74) is 1.38. The Morgan fingerprint density at radius 2 is 2.29 bits per heavy atom. The second-order valence-electron chi connectivity index (χ2n) is 4.03. The first-order valence-electron chi connectivity index (χ1n) is 5.37. The number of fused-ring (bicyclic) bond motifs is 1. The Hall–Kier alpha value is -1.13. The van der Waals surface area contributed by atoms with E-state index in [-0.39, 0.29) is 0 Å². The standard InChI is InChI=1S/C13H11BrN2S/c1-9-11-3-2-10(14)6-12(11)17-13(9)7-16-5-4-15-8-16/h2-6,8H,7H2,1H3. The Labute approximate surface area is 112 Å². The normalized spacial score (nSPS) is 11.2. The number of hydrogen-bond donors (Lipinski definition) is 0. The number of nitrogens with zero attached hydrogens (tertiary/aromatic N) is 2. The Morgan fingerprint density at radius 3 is 3.06 bits per heavy atom. The van der Waals surface area contributed by atoms with Gasteiger partial charge in [0.2, 0.25) is 0 Å². The predicted octanol–water partition coefficient (Wildman–Crippen LogP) is 4.22. The first-order chi connectivity index (χ1) is 8.24. The zero-order valence-corrected chi connectivity index (χ0v) is 11.8. The molecule has 0 spiro atoms. The van der Waals surface area contributed by atoms with E-state index in [1.54, 1.807) is 0 Å². The number of benzene rings is 1. The first kappa shape index (κ1) is 11.0. The lowest BCUT2D eigenvalue weighted by molar-refractivity contribution is 0.806. The Balaban J connectivity index is 2.08. The summed E-state index contributed by atoms with van der Waals surface area (Å²) in [4.78, 5) is 5.48. The maximum atomic E-state index is 4.08. The van der Waals surface area contributed by atoms with Crippen molar-refractivity contribution in [1.29, 1.82) is 0 Å². The second kappa shape index (κ2) is 4.27. The van der Waals surface area contributed by atoms with Crippen molar-refractivity contribution in [2.75, 3.05) is 0 Å². The number of thiophene rings is 1. The lowest BCUT2D eigenvalue weighted by Gasteiger charge is -2.00. The summed E-state index contributed by atoms with van der Waals surface area (Å²) in [6, 6.07) is 6.47. The van der Waals surface area contributed by atoms with Crippen molar-refractivity contribution in [3.8, 4) is 0 Å². The molecule has 0 atom stereocenters. The van der Waals surface area contributed by atoms with E-state index in [1.165, 1.54) is 20.5 Å². The summed E-state index contributed by atoms with van der Waals surface area (Å²) in [6.07, 6.45) is 5.68. The fraction of sp³-hybridized carbons (Fsp3) is 0.154. The van der Waals surface area contributed by atoms with Crippen molar-refractivity contribution in [3.63, 3.8) is 0 Å². The Morgan fingerprint density at radius 1 is 1.41 bits per heavy atom. The number of halogens is 1. The average molecular weight is 307 g/mol. The number of rotatable bonds is 2. The monoisotopic (exact) mass is 306 g/mol. The molecule has 0 aliphatic heterocycles. The summed E-state index contributed by atoms with van der Waals surface area (Å²) in [6.45, 7) is 3.10. The van der Waals surface area contributed by atoms with Gasteiger partial charge in [-0.05, 0) is 30.0 Å². The van der Waals surface area contributed by atoms with E-state index >= 15 is 0 Å². The Bertz CT molecular complexity index is 655. The Kier molecular flexibility index (Phi) is 2.76. The van der Waals surface area contributed by atoms with Gasteiger partial charge in [-0.15, -0.1) is 11.3 Å². The van der Waals surface area contributed by atoms with E-state index in [4.69, 9.17) is 0 Å². The molecule has 2 heterocycles. The first-order valence-corrected chi connectivity index (χ1v) is 6.98. The molecular formula is C13H11BrN2S. The molecule has 2 nitrogen and oxygen atoms in total. The van der Waals surface area contributed by atoms with Crippen molar-refractivity contribution < 1.29 is 0 Å². The van der Waals surface area contributed by atoms with Crippen LogP contribution in [0.1, 0.15) is 10.4 Å². The third-order valence-corrected chi connectivity index (χ3v) is 4.62. The van der Waals surface area contributed by atoms with Gasteiger partial charge in [-0.2, -0.15) is 0 Å². The quantitative estimate of drug-likeness (QED) is 0.693. The van der Waals surface area contributed by atoms with Crippen LogP contribution >= 0.6 is 27.3 Å². The summed E-state index contributed by atoms with van der Waals surface area (Å²) in [7, 11) is 0. The van der Waals surface area contributed by atoms with Crippen molar-refractivity contribution in [3.05, 3.63) is 51.8 Å². The highest BCUT2D eigenvalue weighted by Crippen LogP contribution is 2.33. The van der Waals surface area contributed by atoms with Crippen molar-refractivity contribution in [2.24, 2.45) is 0 Å². The predicted molar refractivity (Wildman–Crippen MR) is 75.6 cm³/mol. The topological polar surface area (TPSA) is 17.8 Å². The molecule has 3 aromatic rings. The summed E-state index contributed by atoms with van der Waals surface area (Å²) < 4.78 is 4.58. The SMILES string of the molecule is Cc1c(Cn2ccnc2)sc2cc(Br)ccc12. The van der Waals surface area contributed by atoms with Crippen LogP contribution in [-0.4, -0.2) is 9.55 Å². The van der Waals surface area contributed by atoms with E-state index < -0.39 is 0 Å². The van der Waals surface area contributed by atoms with E-state index in [0.29, 0.717) is 0 Å². The van der Waals surface area contributed by atoms with Gasteiger partial charge in [0.15, 0.2) is 0 Å². The minimum Gasteiger partial charge on any atom is -0.332 e. The van der Waals surface area contributed by atoms with Crippen LogP contribution in [0.4, 0.5) is 0 Å². The lowest BCUT2D eigenvalue weighted by atomic mass is 10.1. The van der Waals surface area contributed by atoms with Gasteiger partial charge in [0, 0.05) is 26.4 Å². The smallest absolute Gasteiger partial charge is 0.0949 e. The van der Waals surface area contributed by atoms with Crippen LogP contribution < -0.4 is 0 Å². The molecule has 0 bridgehead atoms. The lowest BCUT2D eigenvalue weighted by Crippen LogP contribution is -1.94. The van der Waals surface area contributed by atoms with Crippen LogP contribution in [0.25, 0.3) is 10.1 Å². The van der Waals surface area contributed by atoms with Crippen LogP contribution in [0.2, 0.25) is 0 Å². The molecular weight excluding hydrogens is 296 g/mol. The number of aromatic nitrogens is 2. The molecule has 86 valence electrons. The van der Waals surface area contributed by atoms with Crippen molar-refractivity contribution in [1.82, 2.24) is 9.55 Å². The minimum atomic E-state index is 0.906. The average Bonchev–Trinajstić information content (AvgIpc) is 2.89. The molecule has 0 saturated carbocycles. The summed E-state index contributed by atoms with van der Waals surface area (Å²) in [5.74, 6) is 0. The number of hydrogen-bond acceptors (Lipinski definition) is 2. The van der Waals surface area contributed by atoms with Gasteiger partial charge < -0.3 is 4.57 Å². The zero-order valence-electron chi connectivity index (χ0n) is 9.35. The highest BCUT2D eigenvalue weighted by Gasteiger charge is 2.08. The number of aryl methyl sites for hydroxylation is 1. The van der Waals surface area contributed by atoms with Gasteiger partial charge in [0.05, 0.1) is 12.9 Å². The molecule has 4 heteroatoms. The van der Waals surface area contributed by atoms with Gasteiger partial charge in [-0.25, -0.2) is 4.98 Å². The van der Waals surface area contributed by atoms with Gasteiger partial charge in [0.1, 0.15) is 0 Å². The van der Waals surface area contributed by atoms with Gasteiger partial charge >= 0.3 is 0 Å². The molecule has 0 unspecified atom stereocenters. The molecule has 0 fully saturated rings. The molecule has 3 rings (SSSR count). The highest BCUT2D eigenvalue weighted by atomic mass is 79.9. The largest absolute Gasteiger partial charge is 0.332 e. The third-order valence-electron chi connectivity index (χ3n) is 2.88. The molecule has 1 aromatic carbocycles. The van der Waals surface area contributed by atoms with E-state index in [2.05, 4.69) is 50.6 Å². The second-order valence-corrected chi connectivity index (χ2v) is 6.08. The van der Waals surface area contributed by atoms with Crippen LogP contribution in [-0.2, 0) is 6.54 Å². The zero-order chi connectivity index (χ0) is 11.8. The van der Waals surface area contributed by atoms with E-state index in [9.17, 15) is 0 Å². The molecule has 0 N–H and O–H groups in total. The van der Waals surface area contributed by atoms with Crippen LogP contribution in [0.3, 0.4) is 0 Å². The van der Waals surface area contributed by atoms with E-state index in [1.807, 2.05) is 30.1 Å². The fourth-order valence-corrected chi connectivity index (χ4v) is 3.72. The molecule has 0 aliphatic rings. The van der Waals surface area contributed by atoms with Crippen LogP contribution in [0, 0.1) is 6.92 Å². The fourth-order valence-electron chi connectivity index (χ4n) is 1.95. The molecule has 0 aliphatic carbocycles.